The second-order valence-electron chi connectivity index (χ2n) is 2.63. The Bertz CT molecular complexity index is 299. The summed E-state index contributed by atoms with van der Waals surface area (Å²) in [5.41, 5.74) is 2.61. The van der Waals surface area contributed by atoms with Gasteiger partial charge in [0.1, 0.15) is 5.76 Å². The summed E-state index contributed by atoms with van der Waals surface area (Å²) in [6.45, 7) is 0. The van der Waals surface area contributed by atoms with Crippen LogP contribution in [0.15, 0.2) is 30.3 Å². The smallest absolute Gasteiger partial charge is 0.122 e. The number of allylic oxidation sites excluding steroid dienone is 1. The molecule has 11 heavy (non-hydrogen) atoms. The van der Waals surface area contributed by atoms with E-state index in [1.807, 2.05) is 6.07 Å². The minimum atomic E-state index is 1.01. The highest BCUT2D eigenvalue weighted by molar-refractivity contribution is 5.67. The van der Waals surface area contributed by atoms with Crippen molar-refractivity contribution in [1.82, 2.24) is 0 Å². The zero-order chi connectivity index (χ0) is 7.68. The topological polar surface area (TPSA) is 9.23 Å². The van der Waals surface area contributed by atoms with Crippen molar-refractivity contribution in [3.05, 3.63) is 41.5 Å². The number of hydrogen-bond donors (Lipinski definition) is 0. The molecule has 1 aromatic carbocycles. The van der Waals surface area contributed by atoms with E-state index in [2.05, 4.69) is 24.3 Å². The van der Waals surface area contributed by atoms with Crippen LogP contribution in [0.4, 0.5) is 0 Å². The normalized spacial score (nSPS) is 14.1. The number of rotatable bonds is 1. The average molecular weight is 146 g/mol. The molecule has 0 unspecified atom stereocenters. The van der Waals surface area contributed by atoms with Gasteiger partial charge in [-0.25, -0.2) is 0 Å². The van der Waals surface area contributed by atoms with Gasteiger partial charge in [-0.2, -0.15) is 0 Å². The second kappa shape index (κ2) is 2.42. The van der Waals surface area contributed by atoms with E-state index in [1.165, 1.54) is 11.1 Å². The van der Waals surface area contributed by atoms with Crippen LogP contribution in [0.5, 0.6) is 0 Å². The fourth-order valence-electron chi connectivity index (χ4n) is 1.44. The van der Waals surface area contributed by atoms with Gasteiger partial charge in [-0.1, -0.05) is 24.3 Å². The maximum atomic E-state index is 5.20. The van der Waals surface area contributed by atoms with Crippen molar-refractivity contribution in [3.8, 4) is 0 Å². The molecule has 2 rings (SSSR count). The third-order valence-corrected chi connectivity index (χ3v) is 2.01. The molecule has 56 valence electrons. The molecule has 0 atom stereocenters. The van der Waals surface area contributed by atoms with E-state index in [4.69, 9.17) is 4.74 Å². The van der Waals surface area contributed by atoms with Gasteiger partial charge in [0.15, 0.2) is 0 Å². The minimum Gasteiger partial charge on any atom is -0.496 e. The van der Waals surface area contributed by atoms with Crippen LogP contribution in [0, 0.1) is 0 Å². The molecular formula is C10H10O. The molecule has 0 aromatic heterocycles. The Balaban J connectivity index is 2.48. The van der Waals surface area contributed by atoms with Crippen LogP contribution in [-0.4, -0.2) is 7.11 Å². The van der Waals surface area contributed by atoms with E-state index >= 15 is 0 Å². The first kappa shape index (κ1) is 6.47. The predicted octanol–water partition coefficient (Wildman–Crippen LogP) is 2.23. The lowest BCUT2D eigenvalue weighted by Crippen LogP contribution is -1.84. The van der Waals surface area contributed by atoms with Crippen LogP contribution in [0.1, 0.15) is 11.1 Å². The Labute approximate surface area is 66.3 Å². The van der Waals surface area contributed by atoms with Crippen molar-refractivity contribution in [2.24, 2.45) is 0 Å². The van der Waals surface area contributed by atoms with Crippen molar-refractivity contribution < 1.29 is 4.74 Å². The molecule has 1 nitrogen and oxygen atoms in total. The standard InChI is InChI=1S/C10H10O/c1-11-10-7-6-8-4-2-3-5-9(8)10/h2-5,7H,6H2,1H3. The Morgan fingerprint density at radius 2 is 2.09 bits per heavy atom. The first-order valence-corrected chi connectivity index (χ1v) is 3.74. The Morgan fingerprint density at radius 1 is 1.27 bits per heavy atom. The molecule has 0 radical (unpaired) electrons. The quantitative estimate of drug-likeness (QED) is 0.590. The van der Waals surface area contributed by atoms with Gasteiger partial charge in [-0.05, 0) is 18.1 Å². The maximum Gasteiger partial charge on any atom is 0.122 e. The first-order valence-electron chi connectivity index (χ1n) is 3.74. The van der Waals surface area contributed by atoms with Gasteiger partial charge >= 0.3 is 0 Å². The summed E-state index contributed by atoms with van der Waals surface area (Å²) in [5.74, 6) is 1.01. The van der Waals surface area contributed by atoms with Gasteiger partial charge in [0.05, 0.1) is 7.11 Å². The molecule has 0 N–H and O–H groups in total. The molecule has 1 heteroatoms. The van der Waals surface area contributed by atoms with Gasteiger partial charge in [0.25, 0.3) is 0 Å². The lowest BCUT2D eigenvalue weighted by Gasteiger charge is -2.02. The van der Waals surface area contributed by atoms with Crippen molar-refractivity contribution >= 4 is 5.76 Å². The second-order valence-corrected chi connectivity index (χ2v) is 2.63. The third-order valence-electron chi connectivity index (χ3n) is 2.01. The number of ether oxygens (including phenoxy) is 1. The Morgan fingerprint density at radius 3 is 2.91 bits per heavy atom. The number of methoxy groups -OCH3 is 1. The summed E-state index contributed by atoms with van der Waals surface area (Å²) in [7, 11) is 1.72. The molecule has 0 fully saturated rings. The van der Waals surface area contributed by atoms with Gasteiger partial charge in [-0.3, -0.25) is 0 Å². The van der Waals surface area contributed by atoms with Crippen LogP contribution in [0.3, 0.4) is 0 Å². The van der Waals surface area contributed by atoms with Gasteiger partial charge in [-0.15, -0.1) is 0 Å². The summed E-state index contributed by atoms with van der Waals surface area (Å²) < 4.78 is 5.20. The minimum absolute atomic E-state index is 1.01. The molecular weight excluding hydrogens is 136 g/mol. The highest BCUT2D eigenvalue weighted by Crippen LogP contribution is 2.26. The van der Waals surface area contributed by atoms with Crippen molar-refractivity contribution in [2.45, 2.75) is 6.42 Å². The molecule has 1 aliphatic rings. The number of fused-ring (bicyclic) bond motifs is 1. The summed E-state index contributed by atoms with van der Waals surface area (Å²) >= 11 is 0. The molecule has 0 bridgehead atoms. The van der Waals surface area contributed by atoms with Gasteiger partial charge in [0, 0.05) is 5.56 Å². The fourth-order valence-corrected chi connectivity index (χ4v) is 1.44. The third kappa shape index (κ3) is 0.929. The van der Waals surface area contributed by atoms with Crippen molar-refractivity contribution in [1.29, 1.82) is 0 Å². The van der Waals surface area contributed by atoms with E-state index < -0.39 is 0 Å². The predicted molar refractivity (Wildman–Crippen MR) is 45.1 cm³/mol. The van der Waals surface area contributed by atoms with E-state index in [9.17, 15) is 0 Å². The van der Waals surface area contributed by atoms with Crippen LogP contribution in [-0.2, 0) is 11.2 Å². The van der Waals surface area contributed by atoms with Crippen LogP contribution >= 0.6 is 0 Å². The zero-order valence-corrected chi connectivity index (χ0v) is 6.50. The fraction of sp³-hybridized carbons (Fsp3) is 0.200. The van der Waals surface area contributed by atoms with Gasteiger partial charge in [0.2, 0.25) is 0 Å². The molecule has 1 aliphatic carbocycles. The molecule has 0 spiro atoms. The van der Waals surface area contributed by atoms with E-state index in [1.54, 1.807) is 7.11 Å². The van der Waals surface area contributed by atoms with E-state index in [-0.39, 0.29) is 0 Å². The molecule has 0 amide bonds. The van der Waals surface area contributed by atoms with Crippen LogP contribution in [0.25, 0.3) is 5.76 Å². The number of benzene rings is 1. The molecule has 0 saturated carbocycles. The summed E-state index contributed by atoms with van der Waals surface area (Å²) in [4.78, 5) is 0. The zero-order valence-electron chi connectivity index (χ0n) is 6.50. The van der Waals surface area contributed by atoms with E-state index in [0.717, 1.165) is 12.2 Å². The number of hydrogen-bond acceptors (Lipinski definition) is 1. The highest BCUT2D eigenvalue weighted by atomic mass is 16.5. The summed E-state index contributed by atoms with van der Waals surface area (Å²) in [5, 5.41) is 0. The first-order chi connectivity index (χ1) is 5.42. The molecule has 0 saturated heterocycles. The Hall–Kier alpha value is -1.24. The molecule has 0 heterocycles. The highest BCUT2D eigenvalue weighted by Gasteiger charge is 2.12. The monoisotopic (exact) mass is 146 g/mol. The average Bonchev–Trinajstić information content (AvgIpc) is 2.47. The van der Waals surface area contributed by atoms with Crippen LogP contribution < -0.4 is 0 Å². The summed E-state index contributed by atoms with van der Waals surface area (Å²) in [6.07, 6.45) is 3.13. The SMILES string of the molecule is COC1=CCc2ccccc21. The lowest BCUT2D eigenvalue weighted by molar-refractivity contribution is 0.371. The van der Waals surface area contributed by atoms with Crippen molar-refractivity contribution in [3.63, 3.8) is 0 Å². The van der Waals surface area contributed by atoms with Gasteiger partial charge < -0.3 is 4.74 Å². The maximum absolute atomic E-state index is 5.20. The molecule has 1 aromatic rings. The van der Waals surface area contributed by atoms with Crippen molar-refractivity contribution in [2.75, 3.05) is 7.11 Å². The van der Waals surface area contributed by atoms with Crippen LogP contribution in [0.2, 0.25) is 0 Å². The lowest BCUT2D eigenvalue weighted by atomic mass is 10.1. The molecule has 0 aliphatic heterocycles. The largest absolute Gasteiger partial charge is 0.496 e. The summed E-state index contributed by atoms with van der Waals surface area (Å²) in [6, 6.07) is 8.33. The van der Waals surface area contributed by atoms with E-state index in [0.29, 0.717) is 0 Å². The Kier molecular flexibility index (Phi) is 1.42.